The molecule has 11 heteroatoms. The first kappa shape index (κ1) is 22.3. The van der Waals surface area contributed by atoms with Crippen LogP contribution in [0.3, 0.4) is 0 Å². The molecule has 0 unspecified atom stereocenters. The minimum atomic E-state index is -3.26. The van der Waals surface area contributed by atoms with Crippen LogP contribution in [0.1, 0.15) is 32.3 Å². The van der Waals surface area contributed by atoms with Crippen molar-refractivity contribution in [3.63, 3.8) is 0 Å². The van der Waals surface area contributed by atoms with Gasteiger partial charge in [-0.2, -0.15) is 9.97 Å². The van der Waals surface area contributed by atoms with E-state index < -0.39 is 9.84 Å². The largest absolute Gasteiger partial charge is 0.460 e. The van der Waals surface area contributed by atoms with E-state index in [4.69, 9.17) is 9.47 Å². The fraction of sp³-hybridized carbons (Fsp3) is 0.524. The number of benzene rings is 1. The van der Waals surface area contributed by atoms with Gasteiger partial charge in [-0.3, -0.25) is 0 Å². The van der Waals surface area contributed by atoms with Gasteiger partial charge < -0.3 is 19.3 Å². The van der Waals surface area contributed by atoms with Crippen molar-refractivity contribution in [3.8, 4) is 6.01 Å². The minimum Gasteiger partial charge on any atom is -0.460 e. The number of hydrogen-bond donors (Lipinski definition) is 0. The third-order valence-corrected chi connectivity index (χ3v) is 6.57. The van der Waals surface area contributed by atoms with Gasteiger partial charge in [0.15, 0.2) is 9.84 Å². The van der Waals surface area contributed by atoms with E-state index in [1.807, 2.05) is 18.7 Å². The van der Waals surface area contributed by atoms with Gasteiger partial charge in [0.25, 0.3) is 0 Å². The number of hydrogen-bond acceptors (Lipinski definition) is 9. The Morgan fingerprint density at radius 2 is 1.91 bits per heavy atom. The van der Waals surface area contributed by atoms with E-state index in [0.29, 0.717) is 49.7 Å². The van der Waals surface area contributed by atoms with Crippen LogP contribution in [0.2, 0.25) is 0 Å². The van der Waals surface area contributed by atoms with Gasteiger partial charge in [0.05, 0.1) is 11.0 Å². The maximum atomic E-state index is 12.0. The fourth-order valence-corrected chi connectivity index (χ4v) is 4.53. The van der Waals surface area contributed by atoms with Crippen molar-refractivity contribution in [2.45, 2.75) is 50.2 Å². The molecule has 0 aliphatic carbocycles. The number of fused-ring (bicyclic) bond motifs is 1. The van der Waals surface area contributed by atoms with Gasteiger partial charge >= 0.3 is 12.1 Å². The summed E-state index contributed by atoms with van der Waals surface area (Å²) in [5.74, 6) is 0.457. The summed E-state index contributed by atoms with van der Waals surface area (Å²) in [5.41, 5.74) is 1.82. The maximum Gasteiger partial charge on any atom is 0.410 e. The van der Waals surface area contributed by atoms with Gasteiger partial charge in [0.1, 0.15) is 12.4 Å². The number of rotatable bonds is 5. The molecule has 10 nitrogen and oxygen atoms in total. The molecule has 0 atom stereocenters. The van der Waals surface area contributed by atoms with E-state index in [2.05, 4.69) is 15.0 Å². The molecule has 1 saturated heterocycles. The van der Waals surface area contributed by atoms with Crippen LogP contribution in [-0.2, 0) is 21.0 Å². The van der Waals surface area contributed by atoms with Crippen molar-refractivity contribution < 1.29 is 22.7 Å². The lowest BCUT2D eigenvalue weighted by molar-refractivity contribution is 0.0496. The quantitative estimate of drug-likeness (QED) is 0.662. The molecule has 1 aromatic carbocycles. The first-order valence-corrected chi connectivity index (χ1v) is 12.5. The van der Waals surface area contributed by atoms with E-state index in [-0.39, 0.29) is 24.3 Å². The van der Waals surface area contributed by atoms with E-state index in [1.54, 1.807) is 23.1 Å². The molecule has 3 heterocycles. The Morgan fingerprint density at radius 3 is 2.59 bits per heavy atom. The number of amides is 1. The van der Waals surface area contributed by atoms with E-state index in [0.717, 1.165) is 11.3 Å². The molecule has 2 aliphatic rings. The second-order valence-corrected chi connectivity index (χ2v) is 10.3. The number of aromatic nitrogens is 3. The number of nitrogens with zero attached hydrogens (tertiary/aromatic N) is 5. The monoisotopic (exact) mass is 461 g/mol. The maximum absolute atomic E-state index is 12.0. The second-order valence-electron chi connectivity index (χ2n) is 8.27. The van der Waals surface area contributed by atoms with Crippen LogP contribution in [-0.4, -0.2) is 72.5 Å². The van der Waals surface area contributed by atoms with Gasteiger partial charge in [-0.1, -0.05) is 0 Å². The molecule has 0 radical (unpaired) electrons. The molecule has 4 rings (SSSR count). The summed E-state index contributed by atoms with van der Waals surface area (Å²) < 4.78 is 34.9. The summed E-state index contributed by atoms with van der Waals surface area (Å²) in [4.78, 5) is 28.9. The zero-order valence-electron chi connectivity index (χ0n) is 18.4. The summed E-state index contributed by atoms with van der Waals surface area (Å²) in [6.45, 7) is 5.40. The van der Waals surface area contributed by atoms with Crippen LogP contribution < -0.4 is 9.64 Å². The number of ether oxygens (including phenoxy) is 2. The molecule has 1 aromatic heterocycles. The lowest BCUT2D eigenvalue weighted by atomic mass is 10.1. The molecular formula is C21H27N5O5S. The van der Waals surface area contributed by atoms with Crippen molar-refractivity contribution in [3.05, 3.63) is 30.1 Å². The number of anilines is 2. The Labute approximate surface area is 187 Å². The molecule has 0 N–H and O–H groups in total. The van der Waals surface area contributed by atoms with Gasteiger partial charge in [0, 0.05) is 44.4 Å². The molecule has 2 aliphatic heterocycles. The highest BCUT2D eigenvalue weighted by molar-refractivity contribution is 7.90. The first-order valence-electron chi connectivity index (χ1n) is 10.6. The van der Waals surface area contributed by atoms with E-state index in [9.17, 15) is 13.2 Å². The summed E-state index contributed by atoms with van der Waals surface area (Å²) in [6, 6.07) is 5.33. The lowest BCUT2D eigenvalue weighted by Gasteiger charge is -2.31. The molecule has 1 fully saturated rings. The SMILES string of the molecule is CC(C)OC(=O)N1CCC(Oc2ncnc(N3CCc4cc(S(C)(=O)=O)ccc43)n2)CC1. The Bertz CT molecular complexity index is 1100. The predicted molar refractivity (Wildman–Crippen MR) is 117 cm³/mol. The van der Waals surface area contributed by atoms with Gasteiger partial charge in [0.2, 0.25) is 5.95 Å². The van der Waals surface area contributed by atoms with E-state index >= 15 is 0 Å². The molecule has 2 aromatic rings. The van der Waals surface area contributed by atoms with Crippen LogP contribution in [0.25, 0.3) is 0 Å². The summed E-state index contributed by atoms with van der Waals surface area (Å²) in [7, 11) is -3.26. The Balaban J connectivity index is 1.41. The fourth-order valence-electron chi connectivity index (χ4n) is 3.86. The van der Waals surface area contributed by atoms with Crippen LogP contribution in [0.4, 0.5) is 16.4 Å². The molecule has 172 valence electrons. The number of likely N-dealkylation sites (tertiary alicyclic amines) is 1. The van der Waals surface area contributed by atoms with Gasteiger partial charge in [-0.05, 0) is 44.0 Å². The second kappa shape index (κ2) is 8.89. The average Bonchev–Trinajstić information content (AvgIpc) is 3.17. The minimum absolute atomic E-state index is 0.100. The summed E-state index contributed by atoms with van der Waals surface area (Å²) in [5, 5.41) is 0. The van der Waals surface area contributed by atoms with Gasteiger partial charge in [-0.25, -0.2) is 18.2 Å². The van der Waals surface area contributed by atoms with Crippen LogP contribution in [0, 0.1) is 0 Å². The van der Waals surface area contributed by atoms with Gasteiger partial charge in [-0.15, -0.1) is 0 Å². The highest BCUT2D eigenvalue weighted by atomic mass is 32.2. The Morgan fingerprint density at radius 1 is 1.16 bits per heavy atom. The third kappa shape index (κ3) is 4.93. The molecule has 1 amide bonds. The summed E-state index contributed by atoms with van der Waals surface area (Å²) in [6.07, 6.45) is 4.10. The molecule has 0 spiro atoms. The van der Waals surface area contributed by atoms with Crippen LogP contribution >= 0.6 is 0 Å². The normalized spacial score (nSPS) is 16.9. The van der Waals surface area contributed by atoms with Crippen molar-refractivity contribution in [1.82, 2.24) is 19.9 Å². The number of sulfone groups is 1. The standard InChI is InChI=1S/C21H27N5O5S/c1-14(2)30-21(27)25-9-7-16(8-10-25)31-20-23-13-22-19(24-20)26-11-6-15-12-17(32(3,28)29)4-5-18(15)26/h4-5,12-14,16H,6-11H2,1-3H3. The van der Waals surface area contributed by atoms with Crippen molar-refractivity contribution in [2.24, 2.45) is 0 Å². The van der Waals surface area contributed by atoms with E-state index in [1.165, 1.54) is 12.6 Å². The van der Waals surface area contributed by atoms with Crippen molar-refractivity contribution in [2.75, 3.05) is 30.8 Å². The molecule has 32 heavy (non-hydrogen) atoms. The zero-order valence-corrected chi connectivity index (χ0v) is 19.2. The lowest BCUT2D eigenvalue weighted by Crippen LogP contribution is -2.42. The molecule has 0 bridgehead atoms. The Kier molecular flexibility index (Phi) is 6.18. The predicted octanol–water partition coefficient (Wildman–Crippen LogP) is 2.36. The summed E-state index contributed by atoms with van der Waals surface area (Å²) >= 11 is 0. The van der Waals surface area contributed by atoms with Crippen LogP contribution in [0.5, 0.6) is 6.01 Å². The van der Waals surface area contributed by atoms with Crippen molar-refractivity contribution >= 4 is 27.6 Å². The number of carbonyl (C=O) groups is 1. The highest BCUT2D eigenvalue weighted by Crippen LogP contribution is 2.34. The topological polar surface area (TPSA) is 115 Å². The van der Waals surface area contributed by atoms with Crippen molar-refractivity contribution in [1.29, 1.82) is 0 Å². The first-order chi connectivity index (χ1) is 15.2. The number of carbonyl (C=O) groups excluding carboxylic acids is 1. The number of piperidine rings is 1. The smallest absolute Gasteiger partial charge is 0.410 e. The Hall–Kier alpha value is -2.95. The highest BCUT2D eigenvalue weighted by Gasteiger charge is 2.27. The molecular weight excluding hydrogens is 434 g/mol. The molecule has 0 saturated carbocycles. The third-order valence-electron chi connectivity index (χ3n) is 5.46. The average molecular weight is 462 g/mol. The zero-order chi connectivity index (χ0) is 22.9. The van der Waals surface area contributed by atoms with Crippen LogP contribution in [0.15, 0.2) is 29.4 Å².